The van der Waals surface area contributed by atoms with E-state index in [0.717, 1.165) is 12.0 Å². The van der Waals surface area contributed by atoms with Crippen molar-refractivity contribution in [3.05, 3.63) is 77.8 Å². The molecule has 8 nitrogen and oxygen atoms in total. The van der Waals surface area contributed by atoms with Crippen LogP contribution in [0.2, 0.25) is 0 Å². The summed E-state index contributed by atoms with van der Waals surface area (Å²) in [5.74, 6) is 1.03. The molecule has 0 spiro atoms. The zero-order valence-corrected chi connectivity index (χ0v) is 19.5. The molecule has 0 radical (unpaired) electrons. The van der Waals surface area contributed by atoms with Gasteiger partial charge in [-0.15, -0.1) is 0 Å². The van der Waals surface area contributed by atoms with Crippen LogP contribution < -0.4 is 14.8 Å². The van der Waals surface area contributed by atoms with Crippen LogP contribution in [-0.4, -0.2) is 30.9 Å². The highest BCUT2D eigenvalue weighted by Crippen LogP contribution is 2.20. The maximum atomic E-state index is 12.6. The van der Waals surface area contributed by atoms with Gasteiger partial charge in [-0.1, -0.05) is 25.1 Å². The first-order valence-electron chi connectivity index (χ1n) is 10.4. The van der Waals surface area contributed by atoms with Gasteiger partial charge in [0.1, 0.15) is 17.4 Å². The molecule has 2 aromatic carbocycles. The summed E-state index contributed by atoms with van der Waals surface area (Å²) in [4.78, 5) is 20.6. The van der Waals surface area contributed by atoms with Crippen LogP contribution in [-0.2, 0) is 14.8 Å². The highest BCUT2D eigenvalue weighted by atomic mass is 32.2. The Morgan fingerprint density at radius 2 is 1.79 bits per heavy atom. The summed E-state index contributed by atoms with van der Waals surface area (Å²) in [6, 6.07) is 14.9. The van der Waals surface area contributed by atoms with Crippen LogP contribution in [0.4, 0.5) is 11.5 Å². The maximum Gasteiger partial charge on any atom is 0.263 e. The molecule has 0 unspecified atom stereocenters. The minimum Gasteiger partial charge on any atom is -0.493 e. The molecule has 33 heavy (non-hydrogen) atoms. The van der Waals surface area contributed by atoms with E-state index in [0.29, 0.717) is 29.6 Å². The first-order valence-corrected chi connectivity index (χ1v) is 11.9. The minimum absolute atomic E-state index is 0.0481. The van der Waals surface area contributed by atoms with Crippen molar-refractivity contribution in [1.29, 1.82) is 0 Å². The maximum absolute atomic E-state index is 12.6. The average molecular weight is 467 g/mol. The molecule has 0 aliphatic rings. The number of carbonyl (C=O) groups excluding carboxylic acids is 1. The van der Waals surface area contributed by atoms with E-state index in [1.165, 1.54) is 30.3 Å². The quantitative estimate of drug-likeness (QED) is 0.454. The molecule has 0 bridgehead atoms. The molecule has 9 heteroatoms. The van der Waals surface area contributed by atoms with Crippen molar-refractivity contribution in [2.75, 3.05) is 16.6 Å². The van der Waals surface area contributed by atoms with Gasteiger partial charge in [-0.3, -0.25) is 9.52 Å². The molecule has 0 aliphatic carbocycles. The van der Waals surface area contributed by atoms with E-state index in [2.05, 4.69) is 20.0 Å². The molecule has 0 saturated carbocycles. The summed E-state index contributed by atoms with van der Waals surface area (Å²) in [5, 5.41) is 2.72. The van der Waals surface area contributed by atoms with Gasteiger partial charge < -0.3 is 10.1 Å². The van der Waals surface area contributed by atoms with Crippen molar-refractivity contribution in [2.24, 2.45) is 0 Å². The molecule has 3 rings (SSSR count). The molecule has 0 atom stereocenters. The number of amides is 1. The fourth-order valence-corrected chi connectivity index (χ4v) is 3.99. The van der Waals surface area contributed by atoms with Crippen LogP contribution in [0.25, 0.3) is 6.08 Å². The monoisotopic (exact) mass is 466 g/mol. The number of para-hydroxylation sites is 1. The largest absolute Gasteiger partial charge is 0.493 e. The molecule has 2 N–H and O–H groups in total. The summed E-state index contributed by atoms with van der Waals surface area (Å²) in [6.07, 6.45) is 3.97. The topological polar surface area (TPSA) is 110 Å². The lowest BCUT2D eigenvalue weighted by Crippen LogP contribution is -2.15. The Labute approximate surface area is 193 Å². The van der Waals surface area contributed by atoms with Crippen LogP contribution in [0.5, 0.6) is 5.75 Å². The summed E-state index contributed by atoms with van der Waals surface area (Å²) < 4.78 is 33.4. The fraction of sp³-hybridized carbons (Fsp3) is 0.208. The van der Waals surface area contributed by atoms with Gasteiger partial charge in [0, 0.05) is 29.1 Å². The van der Waals surface area contributed by atoms with Crippen LogP contribution in [0.15, 0.2) is 65.6 Å². The molecule has 0 aliphatic heterocycles. The van der Waals surface area contributed by atoms with E-state index in [-0.39, 0.29) is 16.6 Å². The summed E-state index contributed by atoms with van der Waals surface area (Å²) in [6.45, 7) is 6.07. The van der Waals surface area contributed by atoms with Gasteiger partial charge in [0.05, 0.1) is 11.5 Å². The van der Waals surface area contributed by atoms with Crippen molar-refractivity contribution in [2.45, 2.75) is 32.1 Å². The number of rotatable bonds is 9. The normalized spacial score (nSPS) is 11.4. The van der Waals surface area contributed by atoms with Crippen LogP contribution in [0.1, 0.15) is 30.4 Å². The molecule has 0 fully saturated rings. The first kappa shape index (κ1) is 23.9. The number of nitrogens with one attached hydrogen (secondary N) is 2. The predicted octanol–water partition coefficient (Wildman–Crippen LogP) is 4.33. The second-order valence-corrected chi connectivity index (χ2v) is 8.96. The second kappa shape index (κ2) is 10.7. The van der Waals surface area contributed by atoms with Gasteiger partial charge >= 0.3 is 0 Å². The second-order valence-electron chi connectivity index (χ2n) is 7.28. The van der Waals surface area contributed by atoms with Crippen molar-refractivity contribution in [3.63, 3.8) is 0 Å². The Morgan fingerprint density at radius 1 is 1.06 bits per heavy atom. The highest BCUT2D eigenvalue weighted by Gasteiger charge is 2.15. The number of ether oxygens (including phenoxy) is 1. The van der Waals surface area contributed by atoms with Gasteiger partial charge in [-0.05, 0) is 56.7 Å². The van der Waals surface area contributed by atoms with Gasteiger partial charge in [0.15, 0.2) is 0 Å². The Morgan fingerprint density at radius 3 is 2.48 bits per heavy atom. The third-order valence-electron chi connectivity index (χ3n) is 4.43. The standard InChI is InChI=1S/C24H26N4O4S/c1-4-15-32-22-8-6-5-7-19(22)9-14-24(29)27-20-10-12-21(13-11-20)33(30,31)28-23-16-17(2)25-18(3)26-23/h5-14,16H,4,15H2,1-3H3,(H,27,29)(H,25,26,28)/b14-9+. The minimum atomic E-state index is -3.83. The Hall–Kier alpha value is -3.72. The van der Waals surface area contributed by atoms with Gasteiger partial charge in [-0.2, -0.15) is 0 Å². The number of anilines is 2. The molecule has 1 amide bonds. The third kappa shape index (κ3) is 6.88. The van der Waals surface area contributed by atoms with Gasteiger partial charge in [-0.25, -0.2) is 18.4 Å². The Bertz CT molecular complexity index is 1240. The van der Waals surface area contributed by atoms with Crippen molar-refractivity contribution >= 4 is 33.5 Å². The van der Waals surface area contributed by atoms with Crippen molar-refractivity contribution in [1.82, 2.24) is 9.97 Å². The molecule has 1 aromatic heterocycles. The van der Waals surface area contributed by atoms with Crippen LogP contribution in [0, 0.1) is 13.8 Å². The van der Waals surface area contributed by atoms with E-state index in [9.17, 15) is 13.2 Å². The Kier molecular flexibility index (Phi) is 7.78. The lowest BCUT2D eigenvalue weighted by Gasteiger charge is -2.09. The molecule has 1 heterocycles. The molecular weight excluding hydrogens is 440 g/mol. The van der Waals surface area contributed by atoms with Gasteiger partial charge in [0.25, 0.3) is 10.0 Å². The number of aromatic nitrogens is 2. The van der Waals surface area contributed by atoms with E-state index in [1.807, 2.05) is 31.2 Å². The lowest BCUT2D eigenvalue weighted by molar-refractivity contribution is -0.111. The van der Waals surface area contributed by atoms with Crippen molar-refractivity contribution in [3.8, 4) is 5.75 Å². The van der Waals surface area contributed by atoms with Gasteiger partial charge in [0.2, 0.25) is 5.91 Å². The number of nitrogens with zero attached hydrogens (tertiary/aromatic N) is 2. The molecule has 0 saturated heterocycles. The highest BCUT2D eigenvalue weighted by molar-refractivity contribution is 7.92. The Balaban J connectivity index is 1.65. The number of benzene rings is 2. The smallest absolute Gasteiger partial charge is 0.263 e. The summed E-state index contributed by atoms with van der Waals surface area (Å²) >= 11 is 0. The van der Waals surface area contributed by atoms with E-state index in [4.69, 9.17) is 4.74 Å². The van der Waals surface area contributed by atoms with E-state index < -0.39 is 10.0 Å². The SMILES string of the molecule is CCCOc1ccccc1/C=C/C(=O)Nc1ccc(S(=O)(=O)Nc2cc(C)nc(C)n2)cc1. The average Bonchev–Trinajstić information content (AvgIpc) is 2.76. The summed E-state index contributed by atoms with van der Waals surface area (Å²) in [5.41, 5.74) is 1.92. The van der Waals surface area contributed by atoms with E-state index >= 15 is 0 Å². The van der Waals surface area contributed by atoms with Crippen LogP contribution in [0.3, 0.4) is 0 Å². The zero-order valence-electron chi connectivity index (χ0n) is 18.7. The fourth-order valence-electron chi connectivity index (χ4n) is 2.99. The lowest BCUT2D eigenvalue weighted by atomic mass is 10.2. The third-order valence-corrected chi connectivity index (χ3v) is 5.80. The number of aryl methyl sites for hydroxylation is 2. The molecular formula is C24H26N4O4S. The number of sulfonamides is 1. The molecule has 172 valence electrons. The number of hydrogen-bond donors (Lipinski definition) is 2. The van der Waals surface area contributed by atoms with E-state index in [1.54, 1.807) is 26.0 Å². The molecule has 3 aromatic rings. The number of hydrogen-bond acceptors (Lipinski definition) is 6. The number of carbonyl (C=O) groups is 1. The van der Waals surface area contributed by atoms with Crippen molar-refractivity contribution < 1.29 is 17.9 Å². The summed E-state index contributed by atoms with van der Waals surface area (Å²) in [7, 11) is -3.83. The van der Waals surface area contributed by atoms with Crippen LogP contribution >= 0.6 is 0 Å². The zero-order chi connectivity index (χ0) is 23.8. The predicted molar refractivity (Wildman–Crippen MR) is 129 cm³/mol. The first-order chi connectivity index (χ1) is 15.8.